The van der Waals surface area contributed by atoms with E-state index in [0.717, 1.165) is 44.5 Å². The number of nitrogens with one attached hydrogen (secondary N) is 1. The Kier molecular flexibility index (Phi) is 9.00. The minimum atomic E-state index is -2.83. The fourth-order valence-electron chi connectivity index (χ4n) is 2.94. The maximum absolute atomic E-state index is 12.6. The van der Waals surface area contributed by atoms with E-state index in [0.29, 0.717) is 12.5 Å². The quantitative estimate of drug-likeness (QED) is 0.809. The van der Waals surface area contributed by atoms with Crippen LogP contribution in [-0.2, 0) is 11.2 Å². The number of amides is 1. The Labute approximate surface area is 148 Å². The van der Waals surface area contributed by atoms with Gasteiger partial charge in [0.15, 0.2) is 0 Å². The van der Waals surface area contributed by atoms with Gasteiger partial charge in [0.25, 0.3) is 0 Å². The average Bonchev–Trinajstić information content (AvgIpc) is 2.54. The molecule has 136 valence electrons. The van der Waals surface area contributed by atoms with Gasteiger partial charge in [-0.05, 0) is 50.0 Å². The van der Waals surface area contributed by atoms with Gasteiger partial charge in [0.1, 0.15) is 5.75 Å². The Hall–Kier alpha value is -1.40. The smallest absolute Gasteiger partial charge is 0.387 e. The van der Waals surface area contributed by atoms with Gasteiger partial charge in [-0.3, -0.25) is 4.79 Å². The molecule has 24 heavy (non-hydrogen) atoms. The third kappa shape index (κ3) is 6.24. The van der Waals surface area contributed by atoms with Crippen molar-refractivity contribution in [3.05, 3.63) is 29.8 Å². The second-order valence-electron chi connectivity index (χ2n) is 5.77. The predicted octanol–water partition coefficient (Wildman–Crippen LogP) is 3.24. The van der Waals surface area contributed by atoms with Crippen LogP contribution in [0.1, 0.15) is 31.7 Å². The van der Waals surface area contributed by atoms with Crippen LogP contribution in [-0.4, -0.2) is 43.1 Å². The summed E-state index contributed by atoms with van der Waals surface area (Å²) < 4.78 is 28.6. The van der Waals surface area contributed by atoms with Crippen molar-refractivity contribution in [2.45, 2.75) is 45.3 Å². The van der Waals surface area contributed by atoms with Gasteiger partial charge in [-0.1, -0.05) is 19.1 Å². The molecule has 0 atom stereocenters. The lowest BCUT2D eigenvalue weighted by Crippen LogP contribution is -2.47. The van der Waals surface area contributed by atoms with Crippen LogP contribution in [0.3, 0.4) is 0 Å². The molecule has 1 amide bonds. The number of ether oxygens (including phenoxy) is 1. The summed E-state index contributed by atoms with van der Waals surface area (Å²) in [5, 5.41) is 3.31. The predicted molar refractivity (Wildman–Crippen MR) is 91.9 cm³/mol. The monoisotopic (exact) mass is 362 g/mol. The Balaban J connectivity index is 0.00000288. The van der Waals surface area contributed by atoms with Gasteiger partial charge in [-0.15, -0.1) is 12.4 Å². The first-order valence-electron chi connectivity index (χ1n) is 8.14. The van der Waals surface area contributed by atoms with Crippen molar-refractivity contribution < 1.29 is 18.3 Å². The molecule has 0 saturated carbocycles. The molecule has 0 radical (unpaired) electrons. The molecule has 0 bridgehead atoms. The van der Waals surface area contributed by atoms with E-state index in [1.54, 1.807) is 12.1 Å². The van der Waals surface area contributed by atoms with Crippen molar-refractivity contribution in [3.63, 3.8) is 0 Å². The zero-order chi connectivity index (χ0) is 16.7. The van der Waals surface area contributed by atoms with Crippen molar-refractivity contribution in [1.29, 1.82) is 0 Å². The number of halogens is 3. The number of piperidine rings is 1. The second kappa shape index (κ2) is 10.5. The number of nitrogens with zero attached hydrogens (tertiary/aromatic N) is 1. The SMILES string of the molecule is CCCN(C(=O)Cc1ccc(OC(F)F)cc1)C1CCNCC1.Cl. The third-order valence-corrected chi connectivity index (χ3v) is 4.04. The van der Waals surface area contributed by atoms with E-state index >= 15 is 0 Å². The molecule has 1 aliphatic rings. The number of carbonyl (C=O) groups is 1. The van der Waals surface area contributed by atoms with Gasteiger partial charge >= 0.3 is 6.61 Å². The third-order valence-electron chi connectivity index (χ3n) is 4.04. The molecule has 1 aliphatic heterocycles. The maximum Gasteiger partial charge on any atom is 0.387 e. The Morgan fingerprint density at radius 3 is 2.46 bits per heavy atom. The van der Waals surface area contributed by atoms with Crippen molar-refractivity contribution in [3.8, 4) is 5.75 Å². The van der Waals surface area contributed by atoms with E-state index in [1.165, 1.54) is 12.1 Å². The van der Waals surface area contributed by atoms with Crippen LogP contribution in [0.15, 0.2) is 24.3 Å². The standard InChI is InChI=1S/C17H24F2N2O2.ClH/c1-2-11-21(14-7-9-20-10-8-14)16(22)12-13-3-5-15(6-4-13)23-17(18)19;/h3-6,14,17,20H,2,7-12H2,1H3;1H. The molecule has 1 aromatic carbocycles. The Bertz CT molecular complexity index is 494. The topological polar surface area (TPSA) is 41.6 Å². The molecule has 1 N–H and O–H groups in total. The summed E-state index contributed by atoms with van der Waals surface area (Å²) in [6, 6.07) is 6.59. The fraction of sp³-hybridized carbons (Fsp3) is 0.588. The molecular weight excluding hydrogens is 338 g/mol. The lowest BCUT2D eigenvalue weighted by molar-refractivity contribution is -0.133. The van der Waals surface area contributed by atoms with E-state index in [-0.39, 0.29) is 24.1 Å². The summed E-state index contributed by atoms with van der Waals surface area (Å²) in [6.07, 6.45) is 3.18. The highest BCUT2D eigenvalue weighted by Gasteiger charge is 2.24. The first kappa shape index (κ1) is 20.6. The average molecular weight is 363 g/mol. The maximum atomic E-state index is 12.6. The van der Waals surface area contributed by atoms with Gasteiger partial charge in [-0.25, -0.2) is 0 Å². The number of hydrogen-bond acceptors (Lipinski definition) is 3. The van der Waals surface area contributed by atoms with Crippen LogP contribution < -0.4 is 10.1 Å². The first-order valence-corrected chi connectivity index (χ1v) is 8.14. The number of alkyl halides is 2. The van der Waals surface area contributed by atoms with Gasteiger partial charge in [0, 0.05) is 12.6 Å². The molecule has 1 saturated heterocycles. The highest BCUT2D eigenvalue weighted by Crippen LogP contribution is 2.18. The molecule has 2 rings (SSSR count). The largest absolute Gasteiger partial charge is 0.435 e. The summed E-state index contributed by atoms with van der Waals surface area (Å²) >= 11 is 0. The molecule has 4 nitrogen and oxygen atoms in total. The van der Waals surface area contributed by atoms with Crippen LogP contribution in [0.5, 0.6) is 5.75 Å². The van der Waals surface area contributed by atoms with E-state index in [9.17, 15) is 13.6 Å². The van der Waals surface area contributed by atoms with E-state index in [1.807, 2.05) is 4.90 Å². The van der Waals surface area contributed by atoms with Crippen molar-refractivity contribution in [2.24, 2.45) is 0 Å². The highest BCUT2D eigenvalue weighted by atomic mass is 35.5. The number of hydrogen-bond donors (Lipinski definition) is 1. The van der Waals surface area contributed by atoms with Crippen LogP contribution >= 0.6 is 12.4 Å². The zero-order valence-electron chi connectivity index (χ0n) is 13.8. The molecule has 0 spiro atoms. The molecule has 1 aromatic rings. The van der Waals surface area contributed by atoms with Crippen LogP contribution in [0, 0.1) is 0 Å². The molecule has 0 aromatic heterocycles. The van der Waals surface area contributed by atoms with Crippen LogP contribution in [0.4, 0.5) is 8.78 Å². The van der Waals surface area contributed by atoms with Gasteiger partial charge in [-0.2, -0.15) is 8.78 Å². The van der Waals surface area contributed by atoms with Gasteiger partial charge in [0.05, 0.1) is 6.42 Å². The summed E-state index contributed by atoms with van der Waals surface area (Å²) in [5.74, 6) is 0.209. The second-order valence-corrected chi connectivity index (χ2v) is 5.77. The van der Waals surface area contributed by atoms with Crippen molar-refractivity contribution in [1.82, 2.24) is 10.2 Å². The normalized spacial score (nSPS) is 15.0. The van der Waals surface area contributed by atoms with Gasteiger partial charge in [0.2, 0.25) is 5.91 Å². The number of carbonyl (C=O) groups excluding carboxylic acids is 1. The summed E-state index contributed by atoms with van der Waals surface area (Å²) in [4.78, 5) is 14.6. The minimum absolute atomic E-state index is 0. The summed E-state index contributed by atoms with van der Waals surface area (Å²) in [7, 11) is 0. The first-order chi connectivity index (χ1) is 11.1. The highest BCUT2D eigenvalue weighted by molar-refractivity contribution is 5.85. The van der Waals surface area contributed by atoms with Crippen molar-refractivity contribution >= 4 is 18.3 Å². The number of rotatable bonds is 7. The van der Waals surface area contributed by atoms with E-state index in [4.69, 9.17) is 0 Å². The number of benzene rings is 1. The van der Waals surface area contributed by atoms with E-state index in [2.05, 4.69) is 17.0 Å². The van der Waals surface area contributed by atoms with Crippen molar-refractivity contribution in [2.75, 3.05) is 19.6 Å². The molecule has 7 heteroatoms. The molecule has 1 heterocycles. The zero-order valence-corrected chi connectivity index (χ0v) is 14.7. The molecule has 0 unspecified atom stereocenters. The summed E-state index contributed by atoms with van der Waals surface area (Å²) in [6.45, 7) is 1.88. The molecule has 1 fully saturated rings. The Morgan fingerprint density at radius 2 is 1.92 bits per heavy atom. The molecule has 0 aliphatic carbocycles. The van der Waals surface area contributed by atoms with Crippen LogP contribution in [0.2, 0.25) is 0 Å². The minimum Gasteiger partial charge on any atom is -0.435 e. The fourth-order valence-corrected chi connectivity index (χ4v) is 2.94. The summed E-state index contributed by atoms with van der Waals surface area (Å²) in [5.41, 5.74) is 0.812. The van der Waals surface area contributed by atoms with E-state index < -0.39 is 6.61 Å². The Morgan fingerprint density at radius 1 is 1.29 bits per heavy atom. The molecular formula is C17H25ClF2N2O2. The van der Waals surface area contributed by atoms with Crippen LogP contribution in [0.25, 0.3) is 0 Å². The lowest BCUT2D eigenvalue weighted by Gasteiger charge is -2.34. The lowest BCUT2D eigenvalue weighted by atomic mass is 10.0. The van der Waals surface area contributed by atoms with Gasteiger partial charge < -0.3 is 15.0 Å².